The quantitative estimate of drug-likeness (QED) is 0.496. The van der Waals surface area contributed by atoms with Gasteiger partial charge in [0.25, 0.3) is 0 Å². The van der Waals surface area contributed by atoms with Crippen LogP contribution in [0.1, 0.15) is 31.4 Å². The molecule has 2 rings (SSSR count). The van der Waals surface area contributed by atoms with Crippen molar-refractivity contribution in [1.29, 1.82) is 0 Å². The number of nitrogens with one attached hydrogen (secondary N) is 2. The third-order valence-corrected chi connectivity index (χ3v) is 3.28. The molecule has 0 aromatic carbocycles. The van der Waals surface area contributed by atoms with Crippen molar-refractivity contribution in [2.24, 2.45) is 5.84 Å². The summed E-state index contributed by atoms with van der Waals surface area (Å²) >= 11 is 0. The maximum absolute atomic E-state index is 12.7. The first-order valence-corrected chi connectivity index (χ1v) is 6.22. The number of hydrazine groups is 1. The van der Waals surface area contributed by atoms with E-state index in [1.165, 1.54) is 0 Å². The Morgan fingerprint density at radius 1 is 1.30 bits per heavy atom. The van der Waals surface area contributed by atoms with E-state index in [4.69, 9.17) is 5.84 Å². The molecule has 1 aromatic rings. The highest BCUT2D eigenvalue weighted by Gasteiger charge is 2.34. The molecule has 0 saturated heterocycles. The average Bonchev–Trinajstić information content (AvgIpc) is 2.82. The van der Waals surface area contributed by atoms with Crippen LogP contribution in [0.15, 0.2) is 6.07 Å². The molecule has 5 N–H and O–H groups in total. The molecule has 112 valence electrons. The number of aliphatic hydroxyl groups is 1. The predicted octanol–water partition coefficient (Wildman–Crippen LogP) is 1.50. The molecule has 1 aliphatic rings. The zero-order chi connectivity index (χ0) is 14.8. The van der Waals surface area contributed by atoms with Gasteiger partial charge >= 0.3 is 6.18 Å². The Hall–Kier alpha value is -1.61. The van der Waals surface area contributed by atoms with Crippen molar-refractivity contribution in [3.63, 3.8) is 0 Å². The van der Waals surface area contributed by atoms with Gasteiger partial charge in [-0.2, -0.15) is 18.2 Å². The van der Waals surface area contributed by atoms with Crippen molar-refractivity contribution in [2.45, 2.75) is 37.5 Å². The maximum atomic E-state index is 12.7. The van der Waals surface area contributed by atoms with Gasteiger partial charge in [0.15, 0.2) is 5.69 Å². The number of anilines is 2. The predicted molar refractivity (Wildman–Crippen MR) is 66.8 cm³/mol. The Morgan fingerprint density at radius 3 is 2.50 bits per heavy atom. The van der Waals surface area contributed by atoms with E-state index < -0.39 is 17.5 Å². The third kappa shape index (κ3) is 3.48. The smallest absolute Gasteiger partial charge is 0.388 e. The fourth-order valence-electron chi connectivity index (χ4n) is 2.21. The molecule has 0 atom stereocenters. The summed E-state index contributed by atoms with van der Waals surface area (Å²) in [5.74, 6) is 4.70. The van der Waals surface area contributed by atoms with Crippen LogP contribution in [0.25, 0.3) is 0 Å². The first-order valence-electron chi connectivity index (χ1n) is 6.22. The molecule has 0 spiro atoms. The number of halogens is 3. The standard InChI is InChI=1S/C11H16F3N5O/c12-11(13,14)7-5-8(18-9(17-7)19-15)16-6-10(20)3-1-2-4-10/h5,20H,1-4,6,15H2,(H2,16,17,18,19). The van der Waals surface area contributed by atoms with Gasteiger partial charge in [0.05, 0.1) is 5.60 Å². The Balaban J connectivity index is 2.14. The van der Waals surface area contributed by atoms with Crippen LogP contribution in [0.4, 0.5) is 24.9 Å². The van der Waals surface area contributed by atoms with Gasteiger partial charge < -0.3 is 10.4 Å². The number of aromatic nitrogens is 2. The number of alkyl halides is 3. The fraction of sp³-hybridized carbons (Fsp3) is 0.636. The highest BCUT2D eigenvalue weighted by molar-refractivity contribution is 5.43. The summed E-state index contributed by atoms with van der Waals surface area (Å²) in [5.41, 5.74) is 0.00740. The molecule has 1 aromatic heterocycles. The fourth-order valence-corrected chi connectivity index (χ4v) is 2.21. The normalized spacial score (nSPS) is 18.1. The van der Waals surface area contributed by atoms with Gasteiger partial charge in [0, 0.05) is 12.6 Å². The second-order valence-corrected chi connectivity index (χ2v) is 4.89. The summed E-state index contributed by atoms with van der Waals surface area (Å²) in [4.78, 5) is 7.03. The number of hydrogen-bond donors (Lipinski definition) is 4. The number of nitrogens with zero attached hydrogens (tertiary/aromatic N) is 2. The minimum absolute atomic E-state index is 0.0272. The first kappa shape index (κ1) is 14.8. The van der Waals surface area contributed by atoms with E-state index in [0.717, 1.165) is 18.9 Å². The summed E-state index contributed by atoms with van der Waals surface area (Å²) in [5, 5.41) is 12.9. The summed E-state index contributed by atoms with van der Waals surface area (Å²) in [7, 11) is 0. The lowest BCUT2D eigenvalue weighted by atomic mass is 10.0. The first-order chi connectivity index (χ1) is 9.32. The molecule has 1 fully saturated rings. The molecule has 6 nitrogen and oxygen atoms in total. The average molecular weight is 291 g/mol. The minimum Gasteiger partial charge on any atom is -0.388 e. The lowest BCUT2D eigenvalue weighted by Crippen LogP contribution is -2.33. The zero-order valence-corrected chi connectivity index (χ0v) is 10.7. The molecular formula is C11H16F3N5O. The molecule has 20 heavy (non-hydrogen) atoms. The Morgan fingerprint density at radius 2 is 1.95 bits per heavy atom. The van der Waals surface area contributed by atoms with E-state index in [2.05, 4.69) is 15.3 Å². The van der Waals surface area contributed by atoms with Crippen molar-refractivity contribution >= 4 is 11.8 Å². The molecule has 1 saturated carbocycles. The van der Waals surface area contributed by atoms with Crippen LogP contribution < -0.4 is 16.6 Å². The van der Waals surface area contributed by atoms with E-state index >= 15 is 0 Å². The lowest BCUT2D eigenvalue weighted by molar-refractivity contribution is -0.141. The van der Waals surface area contributed by atoms with Crippen molar-refractivity contribution in [1.82, 2.24) is 9.97 Å². The van der Waals surface area contributed by atoms with E-state index in [9.17, 15) is 18.3 Å². The lowest BCUT2D eigenvalue weighted by Gasteiger charge is -2.23. The largest absolute Gasteiger partial charge is 0.433 e. The van der Waals surface area contributed by atoms with E-state index in [1.54, 1.807) is 0 Å². The zero-order valence-electron chi connectivity index (χ0n) is 10.7. The molecule has 1 aliphatic carbocycles. The van der Waals surface area contributed by atoms with E-state index in [0.29, 0.717) is 12.8 Å². The molecule has 1 heterocycles. The summed E-state index contributed by atoms with van der Waals surface area (Å²) in [6.45, 7) is 0.144. The van der Waals surface area contributed by atoms with Gasteiger partial charge in [0.2, 0.25) is 5.95 Å². The molecule has 0 radical (unpaired) electrons. The number of nitrogen functional groups attached to an aromatic ring is 1. The van der Waals surface area contributed by atoms with Crippen LogP contribution in [0.2, 0.25) is 0 Å². The van der Waals surface area contributed by atoms with Gasteiger partial charge in [-0.3, -0.25) is 5.43 Å². The highest BCUT2D eigenvalue weighted by Crippen LogP contribution is 2.31. The van der Waals surface area contributed by atoms with Crippen molar-refractivity contribution in [3.8, 4) is 0 Å². The number of hydrogen-bond acceptors (Lipinski definition) is 6. The second-order valence-electron chi connectivity index (χ2n) is 4.89. The van der Waals surface area contributed by atoms with Gasteiger partial charge in [-0.1, -0.05) is 12.8 Å². The topological polar surface area (TPSA) is 96.1 Å². The van der Waals surface area contributed by atoms with Crippen LogP contribution in [-0.4, -0.2) is 27.2 Å². The summed E-state index contributed by atoms with van der Waals surface area (Å²) in [6.07, 6.45) is -1.52. The SMILES string of the molecule is NNc1nc(NCC2(O)CCCC2)cc(C(F)(F)F)n1. The Kier molecular flexibility index (Phi) is 4.00. The maximum Gasteiger partial charge on any atom is 0.433 e. The summed E-state index contributed by atoms with van der Waals surface area (Å²) < 4.78 is 38.0. The van der Waals surface area contributed by atoms with Crippen LogP contribution in [0.5, 0.6) is 0 Å². The molecule has 0 bridgehead atoms. The number of rotatable bonds is 4. The van der Waals surface area contributed by atoms with Crippen LogP contribution in [-0.2, 0) is 6.18 Å². The molecule has 0 amide bonds. The van der Waals surface area contributed by atoms with Crippen LogP contribution >= 0.6 is 0 Å². The van der Waals surface area contributed by atoms with Gasteiger partial charge in [-0.25, -0.2) is 10.8 Å². The Labute approximate surface area is 113 Å². The Bertz CT molecular complexity index is 474. The highest BCUT2D eigenvalue weighted by atomic mass is 19.4. The number of nitrogens with two attached hydrogens (primary N) is 1. The minimum atomic E-state index is -4.59. The van der Waals surface area contributed by atoms with Gasteiger partial charge in [-0.15, -0.1) is 0 Å². The van der Waals surface area contributed by atoms with Crippen molar-refractivity contribution in [3.05, 3.63) is 11.8 Å². The van der Waals surface area contributed by atoms with E-state index in [1.807, 2.05) is 5.43 Å². The van der Waals surface area contributed by atoms with Crippen molar-refractivity contribution < 1.29 is 18.3 Å². The van der Waals surface area contributed by atoms with Crippen molar-refractivity contribution in [2.75, 3.05) is 17.3 Å². The molecular weight excluding hydrogens is 275 g/mol. The van der Waals surface area contributed by atoms with Gasteiger partial charge in [-0.05, 0) is 12.8 Å². The third-order valence-electron chi connectivity index (χ3n) is 3.28. The van der Waals surface area contributed by atoms with Crippen LogP contribution in [0.3, 0.4) is 0 Å². The van der Waals surface area contributed by atoms with Gasteiger partial charge in [0.1, 0.15) is 5.82 Å². The second kappa shape index (κ2) is 5.41. The molecule has 9 heteroatoms. The molecule has 0 aliphatic heterocycles. The summed E-state index contributed by atoms with van der Waals surface area (Å²) in [6, 6.07) is 0.791. The monoisotopic (exact) mass is 291 g/mol. The molecule has 0 unspecified atom stereocenters. The van der Waals surface area contributed by atoms with Crippen LogP contribution in [0, 0.1) is 0 Å². The van der Waals surface area contributed by atoms with E-state index in [-0.39, 0.29) is 18.3 Å².